The molecule has 8 bridgehead atoms. The summed E-state index contributed by atoms with van der Waals surface area (Å²) >= 11 is 0. The minimum Gasteiger partial charge on any atom is -0.664 e. The Hall–Kier alpha value is -4.32. The minimum absolute atomic E-state index is 0. The van der Waals surface area contributed by atoms with E-state index in [1.54, 1.807) is 0 Å². The number of allylic oxidation sites excluding steroid dienone is 3. The van der Waals surface area contributed by atoms with Gasteiger partial charge in [0.1, 0.15) is 19.3 Å². The van der Waals surface area contributed by atoms with Crippen LogP contribution in [-0.4, -0.2) is 54.1 Å². The predicted molar refractivity (Wildman–Crippen MR) is 268 cm³/mol. The van der Waals surface area contributed by atoms with Gasteiger partial charge in [0.15, 0.2) is 5.78 Å². The first kappa shape index (κ1) is 52.6. The van der Waals surface area contributed by atoms with Gasteiger partial charge in [-0.1, -0.05) is 151 Å². The molecule has 0 aromatic carbocycles. The molecule has 0 radical (unpaired) electrons. The molecule has 352 valence electrons. The number of esters is 2. The SMILES string of the molecule is C=Cc1c2[n-]c(c1C)/C=C1\[N-]/C(=C3\c4[n-]c(c(C)c4C(=O)[C@@H]3C(=O)OCN)/C=c3\[n-]/c(c(C)c3CC)=C\2)[C@@H](CCC(=O)OC/C=C(/C)CCC[C@H](C)CCC[C@H](C)CCCC(C)C)[C@@H]1C.[Mg+2]. The number of fused-ring (bicyclic) bond motifs is 7. The molecule has 1 fully saturated rings. The van der Waals surface area contributed by atoms with Crippen LogP contribution in [0, 0.1) is 56.3 Å². The van der Waals surface area contributed by atoms with Crippen LogP contribution in [0.25, 0.3) is 35.2 Å². The molecule has 11 heteroatoms. The van der Waals surface area contributed by atoms with Crippen LogP contribution in [0.15, 0.2) is 29.6 Å². The maximum Gasteiger partial charge on any atom is 2.00 e. The molecule has 3 aliphatic rings. The zero-order chi connectivity index (χ0) is 47.1. The van der Waals surface area contributed by atoms with Crippen molar-refractivity contribution in [1.29, 1.82) is 0 Å². The van der Waals surface area contributed by atoms with E-state index < -0.39 is 17.7 Å². The van der Waals surface area contributed by atoms with Crippen LogP contribution in [-0.2, 0) is 25.5 Å². The molecule has 3 aromatic rings. The van der Waals surface area contributed by atoms with E-state index in [-0.39, 0.29) is 60.6 Å². The van der Waals surface area contributed by atoms with Crippen molar-refractivity contribution in [3.05, 3.63) is 102 Å². The molecular weight excluding hydrogens is 835 g/mol. The molecule has 0 unspecified atom stereocenters. The largest absolute Gasteiger partial charge is 2.00 e. The fourth-order valence-corrected chi connectivity index (χ4v) is 10.1. The molecule has 1 saturated heterocycles. The number of hydrogen-bond acceptors (Lipinski definition) is 6. The van der Waals surface area contributed by atoms with Gasteiger partial charge in [-0.3, -0.25) is 20.1 Å². The van der Waals surface area contributed by atoms with Crippen molar-refractivity contribution in [1.82, 2.24) is 15.0 Å². The van der Waals surface area contributed by atoms with E-state index in [4.69, 9.17) is 35.5 Å². The third-order valence-corrected chi connectivity index (χ3v) is 14.2. The van der Waals surface area contributed by atoms with Crippen molar-refractivity contribution in [2.24, 2.45) is 41.2 Å². The molecule has 0 amide bonds. The number of Topliss-reactive ketones (excluding diaryl/α,β-unsaturated/α-hetero) is 1. The molecule has 10 nitrogen and oxygen atoms in total. The third kappa shape index (κ3) is 11.8. The van der Waals surface area contributed by atoms with Gasteiger partial charge in [-0.05, 0) is 94.6 Å². The summed E-state index contributed by atoms with van der Waals surface area (Å²) in [6.45, 7) is 25.6. The fraction of sp³-hybridized carbons (Fsp3) is 0.545. The Morgan fingerprint density at radius 3 is 2.14 bits per heavy atom. The molecule has 0 saturated carbocycles. The average molecular weight is 909 g/mol. The molecule has 1 aliphatic carbocycles. The first-order valence-corrected chi connectivity index (χ1v) is 24.3. The maximum atomic E-state index is 14.4. The van der Waals surface area contributed by atoms with Gasteiger partial charge in [-0.15, -0.1) is 33.5 Å². The van der Waals surface area contributed by atoms with Gasteiger partial charge in [0.2, 0.25) is 0 Å². The van der Waals surface area contributed by atoms with Crippen LogP contribution >= 0.6 is 0 Å². The topological polar surface area (TPSA) is 152 Å². The van der Waals surface area contributed by atoms with Crippen LogP contribution in [0.3, 0.4) is 0 Å². The summed E-state index contributed by atoms with van der Waals surface area (Å²) in [4.78, 5) is 56.8. The van der Waals surface area contributed by atoms with Crippen molar-refractivity contribution in [3.8, 4) is 0 Å². The van der Waals surface area contributed by atoms with Gasteiger partial charge in [-0.25, -0.2) is 0 Å². The van der Waals surface area contributed by atoms with Gasteiger partial charge in [0, 0.05) is 12.0 Å². The zero-order valence-corrected chi connectivity index (χ0v) is 43.0. The van der Waals surface area contributed by atoms with E-state index in [1.807, 2.05) is 44.2 Å². The summed E-state index contributed by atoms with van der Waals surface area (Å²) < 4.78 is 11.1. The summed E-state index contributed by atoms with van der Waals surface area (Å²) in [7, 11) is 0. The number of carbonyl (C=O) groups excluding carboxylic acids is 3. The third-order valence-electron chi connectivity index (χ3n) is 14.2. The quantitative estimate of drug-likeness (QED) is 0.0362. The van der Waals surface area contributed by atoms with Crippen molar-refractivity contribution in [2.75, 3.05) is 13.3 Å². The van der Waals surface area contributed by atoms with Crippen molar-refractivity contribution >= 4 is 70.7 Å². The molecule has 0 spiro atoms. The van der Waals surface area contributed by atoms with Crippen LogP contribution in [0.2, 0.25) is 0 Å². The van der Waals surface area contributed by atoms with Crippen molar-refractivity contribution < 1.29 is 23.9 Å². The van der Waals surface area contributed by atoms with Crippen LogP contribution in [0.5, 0.6) is 0 Å². The summed E-state index contributed by atoms with van der Waals surface area (Å²) in [6.07, 6.45) is 22.2. The molecule has 5 heterocycles. The fourth-order valence-electron chi connectivity index (χ4n) is 10.1. The maximum absolute atomic E-state index is 14.4. The van der Waals surface area contributed by atoms with Crippen LogP contribution in [0.4, 0.5) is 0 Å². The minimum atomic E-state index is -1.30. The van der Waals surface area contributed by atoms with E-state index in [1.165, 1.54) is 50.5 Å². The smallest absolute Gasteiger partial charge is 0.664 e. The number of ether oxygens (including phenoxy) is 2. The Kier molecular flexibility index (Phi) is 18.8. The van der Waals surface area contributed by atoms with Crippen LogP contribution < -0.4 is 31.4 Å². The second kappa shape index (κ2) is 23.6. The number of nitrogens with zero attached hydrogens (tertiary/aromatic N) is 4. The molecule has 5 atom stereocenters. The molecule has 2 aliphatic heterocycles. The number of ketones is 1. The monoisotopic (exact) mass is 908 g/mol. The van der Waals surface area contributed by atoms with E-state index in [0.717, 1.165) is 81.1 Å². The number of aromatic nitrogens is 3. The number of rotatable bonds is 21. The standard InChI is InChI=1S/C55H74N5O5.Mg/c1-12-39-35(8)42-27-44-37(10)41(23-24-48(61)64-26-25-34(7)22-16-21-33(6)20-15-19-32(5)18-14-17-31(3)4)52(59-44)50-51(55(63)65-30-56)54(62)49-38(11)45(60-53(49)50)29-47-40(13-2)36(9)43(58-47)28-46(39)57-42;/h12,25,27-29,31-33,37,41,51H,1,13-24,26,30,56H2,2-11H3,(H-,59,60,62);/q-3;+2/p-1/b34-25-,43-28-,44-27-,47-29-;/t32-,33-,37+,41+,51-;/m1./s1. The van der Waals surface area contributed by atoms with E-state index in [9.17, 15) is 14.4 Å². The van der Waals surface area contributed by atoms with Crippen molar-refractivity contribution in [3.63, 3.8) is 0 Å². The Labute approximate surface area is 410 Å². The predicted octanol–water partition coefficient (Wildman–Crippen LogP) is 9.65. The Morgan fingerprint density at radius 1 is 0.833 bits per heavy atom. The molecular formula is C55H73MgN5O5-2. The first-order chi connectivity index (χ1) is 31.1. The van der Waals surface area contributed by atoms with Gasteiger partial charge in [0.05, 0.1) is 0 Å². The summed E-state index contributed by atoms with van der Waals surface area (Å²) in [5.74, 6) is -1.01. The number of carbonyl (C=O) groups is 3. The van der Waals surface area contributed by atoms with Gasteiger partial charge < -0.3 is 29.7 Å². The van der Waals surface area contributed by atoms with Gasteiger partial charge in [0.25, 0.3) is 0 Å². The van der Waals surface area contributed by atoms with E-state index in [0.29, 0.717) is 46.1 Å². The average Bonchev–Trinajstić information content (AvgIpc) is 4.00. The normalized spacial score (nSPS) is 21.5. The van der Waals surface area contributed by atoms with E-state index >= 15 is 0 Å². The molecule has 2 N–H and O–H groups in total. The Morgan fingerprint density at radius 2 is 1.48 bits per heavy atom. The second-order valence-corrected chi connectivity index (χ2v) is 19.5. The molecule has 3 aromatic heterocycles. The molecule has 6 rings (SSSR count). The van der Waals surface area contributed by atoms with Gasteiger partial charge >= 0.3 is 35.0 Å². The molecule has 66 heavy (non-hydrogen) atoms. The van der Waals surface area contributed by atoms with Gasteiger partial charge in [-0.2, -0.15) is 11.4 Å². The zero-order valence-electron chi connectivity index (χ0n) is 41.6. The second-order valence-electron chi connectivity index (χ2n) is 19.5. The Balaban J connectivity index is 0.00000817. The first-order valence-electron chi connectivity index (χ1n) is 24.3. The van der Waals surface area contributed by atoms with E-state index in [2.05, 4.69) is 62.0 Å². The Bertz CT molecular complexity index is 2480. The summed E-state index contributed by atoms with van der Waals surface area (Å²) in [6, 6.07) is 0. The number of hydrogen-bond donors (Lipinski definition) is 1. The van der Waals surface area contributed by atoms with Crippen LogP contribution in [0.1, 0.15) is 180 Å². The summed E-state index contributed by atoms with van der Waals surface area (Å²) in [5.41, 5.74) is 16.1. The summed E-state index contributed by atoms with van der Waals surface area (Å²) in [5, 5.41) is 6.80. The van der Waals surface area contributed by atoms with Crippen molar-refractivity contribution in [2.45, 2.75) is 146 Å². The number of nitrogens with two attached hydrogens (primary N) is 1.